The molecule has 94 valence electrons. The Morgan fingerprint density at radius 1 is 1.41 bits per heavy atom. The zero-order valence-electron chi connectivity index (χ0n) is 9.58. The minimum atomic E-state index is -4.39. The second-order valence-corrected chi connectivity index (χ2v) is 3.60. The Morgan fingerprint density at radius 2 is 2.06 bits per heavy atom. The van der Waals surface area contributed by atoms with Crippen molar-refractivity contribution in [3.05, 3.63) is 29.6 Å². The lowest BCUT2D eigenvalue weighted by molar-refractivity contribution is -0.140. The summed E-state index contributed by atoms with van der Waals surface area (Å²) in [7, 11) is 0. The van der Waals surface area contributed by atoms with Crippen molar-refractivity contribution >= 4 is 5.91 Å². The molecule has 0 spiro atoms. The number of amides is 1. The van der Waals surface area contributed by atoms with E-state index in [2.05, 4.69) is 4.98 Å². The molecule has 0 bridgehead atoms. The molecule has 1 aromatic rings. The molecule has 0 unspecified atom stereocenters. The van der Waals surface area contributed by atoms with Crippen molar-refractivity contribution in [1.82, 2.24) is 9.88 Å². The third-order valence-electron chi connectivity index (χ3n) is 2.15. The van der Waals surface area contributed by atoms with E-state index in [1.165, 1.54) is 13.0 Å². The fraction of sp³-hybridized carbons (Fsp3) is 0.455. The fourth-order valence-electron chi connectivity index (χ4n) is 1.37. The van der Waals surface area contributed by atoms with Crippen molar-refractivity contribution in [1.29, 1.82) is 0 Å². The van der Waals surface area contributed by atoms with Gasteiger partial charge < -0.3 is 4.90 Å². The van der Waals surface area contributed by atoms with Gasteiger partial charge >= 0.3 is 6.18 Å². The van der Waals surface area contributed by atoms with E-state index in [-0.39, 0.29) is 12.2 Å². The first-order valence-corrected chi connectivity index (χ1v) is 5.13. The molecular weight excluding hydrogens is 233 g/mol. The van der Waals surface area contributed by atoms with Crippen molar-refractivity contribution < 1.29 is 18.0 Å². The Morgan fingerprint density at radius 3 is 2.53 bits per heavy atom. The van der Waals surface area contributed by atoms with Crippen LogP contribution in [0.5, 0.6) is 0 Å². The smallest absolute Gasteiger partial charge is 0.328 e. The zero-order chi connectivity index (χ0) is 13.1. The summed E-state index contributed by atoms with van der Waals surface area (Å²) in [6, 6.07) is 4.68. The average Bonchev–Trinajstić information content (AvgIpc) is 2.23. The molecule has 6 heteroatoms. The number of hydrogen-bond acceptors (Lipinski definition) is 2. The summed E-state index contributed by atoms with van der Waals surface area (Å²) in [4.78, 5) is 16.4. The number of carbonyl (C=O) groups excluding carboxylic acids is 1. The van der Waals surface area contributed by atoms with Crippen LogP contribution < -0.4 is 0 Å². The lowest BCUT2D eigenvalue weighted by Crippen LogP contribution is -2.39. The molecule has 0 fully saturated rings. The maximum atomic E-state index is 12.2. The normalized spacial score (nSPS) is 11.4. The molecule has 0 aliphatic rings. The molecule has 0 aliphatic heterocycles. The number of nitrogens with zero attached hydrogens (tertiary/aromatic N) is 2. The predicted octanol–water partition coefficient (Wildman–Crippen LogP) is 2.41. The van der Waals surface area contributed by atoms with Crippen molar-refractivity contribution in [2.75, 3.05) is 13.1 Å². The second kappa shape index (κ2) is 5.16. The number of carbonyl (C=O) groups is 1. The Balaban J connectivity index is 2.87. The van der Waals surface area contributed by atoms with Crippen molar-refractivity contribution in [3.63, 3.8) is 0 Å². The summed E-state index contributed by atoms with van der Waals surface area (Å²) >= 11 is 0. The van der Waals surface area contributed by atoms with Crippen molar-refractivity contribution in [2.24, 2.45) is 0 Å². The fourth-order valence-corrected chi connectivity index (χ4v) is 1.37. The molecule has 1 heterocycles. The molecule has 0 N–H and O–H groups in total. The molecule has 17 heavy (non-hydrogen) atoms. The van der Waals surface area contributed by atoms with E-state index in [4.69, 9.17) is 0 Å². The lowest BCUT2D eigenvalue weighted by atomic mass is 10.3. The van der Waals surface area contributed by atoms with Gasteiger partial charge in [0.05, 0.1) is 0 Å². The van der Waals surface area contributed by atoms with Crippen LogP contribution in [-0.4, -0.2) is 35.1 Å². The summed E-state index contributed by atoms with van der Waals surface area (Å²) in [6.45, 7) is 1.92. The lowest BCUT2D eigenvalue weighted by Gasteiger charge is -2.21. The van der Waals surface area contributed by atoms with E-state index in [1.54, 1.807) is 19.1 Å². The van der Waals surface area contributed by atoms with E-state index < -0.39 is 18.6 Å². The summed E-state index contributed by atoms with van der Waals surface area (Å²) in [6.07, 6.45) is -4.39. The molecule has 1 aromatic heterocycles. The van der Waals surface area contributed by atoms with Gasteiger partial charge in [0, 0.05) is 12.2 Å². The van der Waals surface area contributed by atoms with E-state index in [0.717, 1.165) is 4.90 Å². The van der Waals surface area contributed by atoms with Gasteiger partial charge in [-0.25, -0.2) is 4.98 Å². The quantitative estimate of drug-likeness (QED) is 0.820. The number of aryl methyl sites for hydroxylation is 1. The first kappa shape index (κ1) is 13.5. The van der Waals surface area contributed by atoms with E-state index >= 15 is 0 Å². The van der Waals surface area contributed by atoms with Gasteiger partial charge in [0.25, 0.3) is 5.91 Å². The molecule has 0 saturated carbocycles. The largest absolute Gasteiger partial charge is 0.406 e. The Labute approximate surface area is 97.3 Å². The third-order valence-corrected chi connectivity index (χ3v) is 2.15. The van der Waals surface area contributed by atoms with Crippen LogP contribution in [0.2, 0.25) is 0 Å². The molecule has 0 atom stereocenters. The monoisotopic (exact) mass is 246 g/mol. The van der Waals surface area contributed by atoms with E-state index in [0.29, 0.717) is 5.69 Å². The molecule has 0 saturated heterocycles. The van der Waals surface area contributed by atoms with Gasteiger partial charge in [0.1, 0.15) is 12.2 Å². The van der Waals surface area contributed by atoms with E-state index in [9.17, 15) is 18.0 Å². The van der Waals surface area contributed by atoms with Crippen LogP contribution in [0, 0.1) is 6.92 Å². The molecule has 0 aromatic carbocycles. The van der Waals surface area contributed by atoms with Gasteiger partial charge in [-0.2, -0.15) is 13.2 Å². The van der Waals surface area contributed by atoms with Gasteiger partial charge in [-0.1, -0.05) is 6.07 Å². The minimum Gasteiger partial charge on any atom is -0.328 e. The highest BCUT2D eigenvalue weighted by Crippen LogP contribution is 2.17. The van der Waals surface area contributed by atoms with Gasteiger partial charge in [0.15, 0.2) is 0 Å². The predicted molar refractivity (Wildman–Crippen MR) is 56.6 cm³/mol. The van der Waals surface area contributed by atoms with Crippen molar-refractivity contribution in [2.45, 2.75) is 20.0 Å². The highest BCUT2D eigenvalue weighted by atomic mass is 19.4. The maximum absolute atomic E-state index is 12.2. The topological polar surface area (TPSA) is 33.2 Å². The summed E-state index contributed by atoms with van der Waals surface area (Å²) in [5, 5.41) is 0. The Kier molecular flexibility index (Phi) is 4.09. The number of halogens is 3. The summed E-state index contributed by atoms with van der Waals surface area (Å²) in [5.41, 5.74) is 0.634. The Bertz CT molecular complexity index is 404. The first-order valence-electron chi connectivity index (χ1n) is 5.13. The highest BCUT2D eigenvalue weighted by molar-refractivity contribution is 5.92. The number of alkyl halides is 3. The molecule has 0 radical (unpaired) electrons. The third kappa shape index (κ3) is 4.05. The van der Waals surface area contributed by atoms with Crippen LogP contribution in [-0.2, 0) is 0 Å². The number of rotatable bonds is 3. The van der Waals surface area contributed by atoms with Gasteiger partial charge in [-0.3, -0.25) is 4.79 Å². The number of hydrogen-bond donors (Lipinski definition) is 0. The van der Waals surface area contributed by atoms with Crippen LogP contribution in [0.15, 0.2) is 18.2 Å². The first-order chi connectivity index (χ1) is 7.83. The zero-order valence-corrected chi connectivity index (χ0v) is 9.58. The maximum Gasteiger partial charge on any atom is 0.406 e. The van der Waals surface area contributed by atoms with Crippen LogP contribution in [0.3, 0.4) is 0 Å². The molecule has 1 amide bonds. The number of pyridine rings is 1. The average molecular weight is 246 g/mol. The van der Waals surface area contributed by atoms with E-state index in [1.807, 2.05) is 0 Å². The minimum absolute atomic E-state index is 0.00599. The SMILES string of the molecule is CCN(CC(F)(F)F)C(=O)c1cccc(C)n1. The second-order valence-electron chi connectivity index (χ2n) is 3.60. The van der Waals surface area contributed by atoms with Gasteiger partial charge in [-0.05, 0) is 26.0 Å². The molecule has 1 rings (SSSR count). The highest BCUT2D eigenvalue weighted by Gasteiger charge is 2.32. The van der Waals surface area contributed by atoms with Crippen LogP contribution in [0.25, 0.3) is 0 Å². The van der Waals surface area contributed by atoms with Gasteiger partial charge in [-0.15, -0.1) is 0 Å². The molecular formula is C11H13F3N2O. The summed E-state index contributed by atoms with van der Waals surface area (Å²) < 4.78 is 36.7. The molecule has 0 aliphatic carbocycles. The van der Waals surface area contributed by atoms with Crippen LogP contribution >= 0.6 is 0 Å². The number of aromatic nitrogens is 1. The molecule has 3 nitrogen and oxygen atoms in total. The van der Waals surface area contributed by atoms with Gasteiger partial charge in [0.2, 0.25) is 0 Å². The summed E-state index contributed by atoms with van der Waals surface area (Å²) in [5.74, 6) is -0.700. The van der Waals surface area contributed by atoms with Crippen LogP contribution in [0.1, 0.15) is 23.1 Å². The standard InChI is InChI=1S/C11H13F3N2O/c1-3-16(7-11(12,13)14)10(17)9-6-4-5-8(2)15-9/h4-6H,3,7H2,1-2H3. The van der Waals surface area contributed by atoms with Crippen LogP contribution in [0.4, 0.5) is 13.2 Å². The Hall–Kier alpha value is -1.59. The van der Waals surface area contributed by atoms with Crippen molar-refractivity contribution in [3.8, 4) is 0 Å².